The molecule has 24 rings (SSSR count). The Morgan fingerprint density at radius 1 is 0.315 bits per heavy atom. The average molecular weight is 2050 g/mol. The van der Waals surface area contributed by atoms with Gasteiger partial charge in [0.2, 0.25) is 0 Å². The molecule has 0 heterocycles. The van der Waals surface area contributed by atoms with Crippen molar-refractivity contribution in [2.24, 2.45) is 35.5 Å². The SMILES string of the molecule is CC1=Cc2cc3c(cc2C1)-c1ccccc1C3(C)C.CC1=Cc2cc3c(cc2C1[Si](C)(C)NC1CCCCC1)-c1ccccc1C3(C)C.CC1=Cc2cc3c(cc2C1[Si](C)(C)NC1CCCCC1)C(C)(C)c1ccccc1-3.CC1CC2C=C3C(=CC2C1[Si](C)(C)[N-]C1CCCCC1)C(C)(C)c1ccccc13.CC1CC2C=C3C(=CC2C1[Si](C)(C)[N-]C1CCCCC1)c1ccccc1C3(C)C.[CH3-].[CH3-].[CH3-].[CH3-].[CH3-].[CH3-].[Ti+4].[Ti+4]. The third kappa shape index (κ3) is 21.0. The summed E-state index contributed by atoms with van der Waals surface area (Å²) in [5, 5.41) is 0. The minimum absolute atomic E-state index is 0. The van der Waals surface area contributed by atoms with Crippen molar-refractivity contribution in [2.75, 3.05) is 0 Å². The first kappa shape index (κ1) is 116. The second-order valence-corrected chi connectivity index (χ2v) is 67.7. The van der Waals surface area contributed by atoms with Gasteiger partial charge < -0.3 is 64.5 Å². The molecule has 8 aromatic rings. The molecule has 2 N–H and O–H groups in total. The Bertz CT molecular complexity index is 6160. The second-order valence-electron chi connectivity index (χ2n) is 50.6. The number of hydrogen-bond donors (Lipinski definition) is 2. The first-order valence-corrected chi connectivity index (χ1v) is 66.4. The zero-order valence-electron chi connectivity index (χ0n) is 94.3. The minimum atomic E-state index is -1.65. The number of allylic oxidation sites excluding steroid dienone is 11. The molecule has 4 nitrogen and oxygen atoms in total. The van der Waals surface area contributed by atoms with Gasteiger partial charge in [-0.2, -0.15) is 0 Å². The van der Waals surface area contributed by atoms with Crippen LogP contribution in [0.4, 0.5) is 0 Å². The van der Waals surface area contributed by atoms with Gasteiger partial charge in [0.05, 0.1) is 0 Å². The van der Waals surface area contributed by atoms with Gasteiger partial charge in [-0.3, -0.25) is 0 Å². The van der Waals surface area contributed by atoms with E-state index in [0.29, 0.717) is 40.9 Å². The van der Waals surface area contributed by atoms with Gasteiger partial charge in [-0.15, -0.1) is 12.1 Å². The van der Waals surface area contributed by atoms with E-state index in [9.17, 15) is 0 Å². The van der Waals surface area contributed by atoms with Crippen LogP contribution < -0.4 is 9.96 Å². The maximum Gasteiger partial charge on any atom is 4.00 e. The van der Waals surface area contributed by atoms with Gasteiger partial charge in [0.1, 0.15) is 16.5 Å². The summed E-state index contributed by atoms with van der Waals surface area (Å²) in [7, 11) is -6.60. The minimum Gasteiger partial charge on any atom is -0.662 e. The Balaban J connectivity index is 0.000000158. The monoisotopic (exact) mass is 2040 g/mol. The van der Waals surface area contributed by atoms with Gasteiger partial charge in [-0.05, 0) is 276 Å². The second kappa shape index (κ2) is 44.2. The molecule has 10 atom stereocenters. The molecular weight excluding hydrogens is 1860 g/mol. The molecule has 6 saturated carbocycles. The van der Waals surface area contributed by atoms with E-state index in [-0.39, 0.29) is 115 Å². The zero-order valence-corrected chi connectivity index (χ0v) is 101. The molecule has 0 aliphatic heterocycles. The zero-order chi connectivity index (χ0) is 94.8. The van der Waals surface area contributed by atoms with Gasteiger partial charge in [-0.1, -0.05) is 452 Å². The molecule has 0 spiro atoms. The molecule has 10 unspecified atom stereocenters. The third-order valence-electron chi connectivity index (χ3n) is 37.7. The predicted molar refractivity (Wildman–Crippen MR) is 631 cm³/mol. The van der Waals surface area contributed by atoms with Crippen molar-refractivity contribution < 1.29 is 43.4 Å². The van der Waals surface area contributed by atoms with E-state index in [4.69, 9.17) is 9.96 Å². The maximum atomic E-state index is 5.64. The number of benzene rings is 8. The quantitative estimate of drug-likeness (QED) is 0.0946. The molecule has 0 amide bonds. The summed E-state index contributed by atoms with van der Waals surface area (Å²) < 4.78 is 0. The van der Waals surface area contributed by atoms with Gasteiger partial charge in [0, 0.05) is 50.2 Å². The van der Waals surface area contributed by atoms with Crippen LogP contribution >= 0.6 is 0 Å². The molecule has 8 aromatic carbocycles. The van der Waals surface area contributed by atoms with Crippen molar-refractivity contribution >= 4 is 62.3 Å². The largest absolute Gasteiger partial charge is 4.00 e. The molecule has 6 fully saturated rings. The molecule has 0 saturated heterocycles. The van der Waals surface area contributed by atoms with Gasteiger partial charge >= 0.3 is 43.4 Å². The predicted octanol–water partition coefficient (Wildman–Crippen LogP) is 37.7. The smallest absolute Gasteiger partial charge is 0.662 e. The summed E-state index contributed by atoms with van der Waals surface area (Å²) >= 11 is 0. The van der Waals surface area contributed by atoms with E-state index in [1.54, 1.807) is 44.6 Å². The van der Waals surface area contributed by atoms with Crippen LogP contribution in [0.25, 0.3) is 72.7 Å². The van der Waals surface area contributed by atoms with E-state index >= 15 is 0 Å². The molecule has 0 aromatic heterocycles. The molecule has 16 aliphatic carbocycles. The normalized spacial score (nSPS) is 25.2. The number of nitrogens with zero attached hydrogens (tertiary/aromatic N) is 2. The Labute approximate surface area is 907 Å². The Morgan fingerprint density at radius 3 is 1.06 bits per heavy atom. The fourth-order valence-corrected chi connectivity index (χ4v) is 47.7. The van der Waals surface area contributed by atoms with E-state index in [1.165, 1.54) is 258 Å². The molecule has 0 bridgehead atoms. The summed E-state index contributed by atoms with van der Waals surface area (Å²) in [4.78, 5) is 19.7. The topological polar surface area (TPSA) is 52.3 Å². The van der Waals surface area contributed by atoms with Crippen LogP contribution in [-0.4, -0.2) is 57.1 Å². The summed E-state index contributed by atoms with van der Waals surface area (Å²) in [6.45, 7) is 56.5. The van der Waals surface area contributed by atoms with Crippen LogP contribution in [0.2, 0.25) is 63.5 Å². The Morgan fingerprint density at radius 2 is 0.636 bits per heavy atom. The summed E-state index contributed by atoms with van der Waals surface area (Å²) in [6, 6.07) is 62.9. The molecule has 143 heavy (non-hydrogen) atoms. The van der Waals surface area contributed by atoms with Crippen LogP contribution in [0.15, 0.2) is 210 Å². The van der Waals surface area contributed by atoms with Crippen molar-refractivity contribution in [3.63, 3.8) is 0 Å². The van der Waals surface area contributed by atoms with E-state index in [0.717, 1.165) is 47.3 Å². The molecular formula is C133H182N4Si4Ti2. The standard InChI is InChI=1S/C27H38NSi.C27H35NSi.C27H38NSi.C27H35NSi.C19H18.6CH3.2Ti/c2*1-18-15-19-16-25-23(21-13-9-10-14-24(21)27(25,2)3)17-22(19)26(18)29(4,5)28-20-11-7-6-8-12-20;2*1-18-15-19-16-23-21-13-9-10-14-24(21)27(2,3)25(23)17-22(19)26(18)29(4,5)28-20-11-7-6-8-12-20;1-12-8-13-10-16-15-6-4-5-7-17(15)19(2,3)18(16)11-14(13)9-12;;;;;;;;/h9-10,13-14,16-20,22,26H,6-8,11-12,15H2,1-5H3;9-10,13-17,20,26,28H,6-8,11-12H2,1-5H3;9-10,13-14,16-20,22,26H,6-8,11-12,15H2,1-5H3;9-10,13-17,20,26,28H,6-8,11-12H2,1-5H3;4-7,9-11H,8H2,1-3H3;6*1H3;;/q-1;;-1;;;6*-1;2*+4. The molecule has 10 heteroatoms. The number of fused-ring (bicyclic) bond motifs is 20. The maximum absolute atomic E-state index is 5.64. The van der Waals surface area contributed by atoms with Crippen molar-refractivity contribution in [3.05, 3.63) is 353 Å². The number of rotatable bonds is 12. The molecule has 758 valence electrons. The van der Waals surface area contributed by atoms with Crippen LogP contribution in [0.5, 0.6) is 0 Å². The van der Waals surface area contributed by atoms with Gasteiger partial charge in [0.25, 0.3) is 0 Å². The summed E-state index contributed by atoms with van der Waals surface area (Å²) in [5.41, 5.74) is 46.9. The van der Waals surface area contributed by atoms with Crippen molar-refractivity contribution in [1.29, 1.82) is 0 Å². The van der Waals surface area contributed by atoms with Crippen molar-refractivity contribution in [3.8, 4) is 33.4 Å². The number of hydrogen-bond acceptors (Lipinski definition) is 2. The fraction of sp³-hybridized carbons (Fsp3) is 0.489. The first-order chi connectivity index (χ1) is 64.2. The van der Waals surface area contributed by atoms with Crippen LogP contribution in [0.3, 0.4) is 0 Å². The fourth-order valence-electron chi connectivity index (χ4n) is 31.8. The average Bonchev–Trinajstić information content (AvgIpc) is 1.55. The van der Waals surface area contributed by atoms with Crippen molar-refractivity contribution in [2.45, 2.75) is 377 Å². The molecule has 16 aliphatic rings. The molecule has 0 radical (unpaired) electrons. The third-order valence-corrected chi connectivity index (χ3v) is 51.7. The van der Waals surface area contributed by atoms with Crippen LogP contribution in [0, 0.1) is 80.1 Å². The van der Waals surface area contributed by atoms with E-state index in [2.05, 4.69) is 366 Å². The summed E-state index contributed by atoms with van der Waals surface area (Å²) in [6.07, 6.45) is 49.7. The first-order valence-electron chi connectivity index (χ1n) is 54.2. The number of nitrogens with one attached hydrogen (secondary N) is 2. The Kier molecular flexibility index (Phi) is 35.8. The van der Waals surface area contributed by atoms with Crippen LogP contribution in [0.1, 0.15) is 345 Å². The van der Waals surface area contributed by atoms with Crippen molar-refractivity contribution in [1.82, 2.24) is 9.96 Å². The van der Waals surface area contributed by atoms with E-state index in [1.807, 2.05) is 0 Å². The Hall–Kier alpha value is -5.92. The van der Waals surface area contributed by atoms with Gasteiger partial charge in [0.15, 0.2) is 0 Å². The van der Waals surface area contributed by atoms with Gasteiger partial charge in [-0.25, -0.2) is 0 Å². The summed E-state index contributed by atoms with van der Waals surface area (Å²) in [5.74, 6) is 4.42. The van der Waals surface area contributed by atoms with E-state index < -0.39 is 32.9 Å². The van der Waals surface area contributed by atoms with Crippen LogP contribution in [-0.2, 0) is 76.9 Å².